The number of carbonyl (C=O) groups is 3. The normalized spacial score (nSPS) is 13.7. The Labute approximate surface area is 329 Å². The molecular formula is C45H54N4O7. The van der Waals surface area contributed by atoms with Crippen LogP contribution in [0.1, 0.15) is 95.6 Å². The van der Waals surface area contributed by atoms with Gasteiger partial charge in [-0.3, -0.25) is 4.79 Å². The molecule has 11 heteroatoms. The molecular weight excluding hydrogens is 709 g/mol. The third-order valence-electron chi connectivity index (χ3n) is 9.75. The Morgan fingerprint density at radius 3 is 2.05 bits per heavy atom. The van der Waals surface area contributed by atoms with Crippen molar-refractivity contribution in [1.29, 1.82) is 0 Å². The van der Waals surface area contributed by atoms with Crippen molar-refractivity contribution >= 4 is 29.6 Å². The topological polar surface area (TPSA) is 141 Å². The largest absolute Gasteiger partial charge is 0.482 e. The zero-order valence-corrected chi connectivity index (χ0v) is 32.8. The highest BCUT2D eigenvalue weighted by Crippen LogP contribution is 2.36. The number of aliphatic carboxylic acids is 1. The van der Waals surface area contributed by atoms with E-state index in [4.69, 9.17) is 19.3 Å². The summed E-state index contributed by atoms with van der Waals surface area (Å²) in [4.78, 5) is 45.9. The Hall–Kier alpha value is -5.71. The number of rotatable bonds is 22. The quantitative estimate of drug-likeness (QED) is 0.0459. The van der Waals surface area contributed by atoms with Crippen molar-refractivity contribution in [1.82, 2.24) is 14.9 Å². The number of hydrogen-bond acceptors (Lipinski definition) is 8. The fourth-order valence-electron chi connectivity index (χ4n) is 6.64. The predicted molar refractivity (Wildman–Crippen MR) is 219 cm³/mol. The van der Waals surface area contributed by atoms with E-state index in [-0.39, 0.29) is 25.5 Å². The van der Waals surface area contributed by atoms with Gasteiger partial charge in [-0.15, -0.1) is 0 Å². The summed E-state index contributed by atoms with van der Waals surface area (Å²) >= 11 is 0. The number of ether oxygens (including phenoxy) is 2. The highest BCUT2D eigenvalue weighted by atomic mass is 16.7. The lowest BCUT2D eigenvalue weighted by molar-refractivity contribution is -0.148. The fourth-order valence-corrected chi connectivity index (χ4v) is 6.64. The first-order chi connectivity index (χ1) is 27.3. The van der Waals surface area contributed by atoms with Gasteiger partial charge >= 0.3 is 11.9 Å². The van der Waals surface area contributed by atoms with E-state index >= 15 is 0 Å². The minimum atomic E-state index is -1.05. The monoisotopic (exact) mass is 762 g/mol. The lowest BCUT2D eigenvalue weighted by Crippen LogP contribution is -2.21. The highest BCUT2D eigenvalue weighted by molar-refractivity contribution is 6.03. The van der Waals surface area contributed by atoms with Gasteiger partial charge in [0.15, 0.2) is 6.61 Å². The van der Waals surface area contributed by atoms with Gasteiger partial charge in [0.1, 0.15) is 11.6 Å². The van der Waals surface area contributed by atoms with Gasteiger partial charge in [-0.2, -0.15) is 0 Å². The van der Waals surface area contributed by atoms with Gasteiger partial charge in [0.2, 0.25) is 12.0 Å². The van der Waals surface area contributed by atoms with Crippen molar-refractivity contribution in [2.75, 3.05) is 19.8 Å². The maximum absolute atomic E-state index is 12.5. The first-order valence-corrected chi connectivity index (χ1v) is 19.9. The third kappa shape index (κ3) is 11.9. The molecule has 5 rings (SSSR count). The molecule has 0 fully saturated rings. The molecule has 2 heterocycles. The molecule has 11 nitrogen and oxygen atoms in total. The Kier molecular flexibility index (Phi) is 15.8. The second-order valence-corrected chi connectivity index (χ2v) is 14.0. The molecule has 0 radical (unpaired) electrons. The zero-order valence-electron chi connectivity index (χ0n) is 32.8. The maximum atomic E-state index is 12.5. The summed E-state index contributed by atoms with van der Waals surface area (Å²) < 4.78 is 12.6. The van der Waals surface area contributed by atoms with Gasteiger partial charge in [-0.05, 0) is 54.8 Å². The molecule has 2 N–H and O–H groups in total. The van der Waals surface area contributed by atoms with Gasteiger partial charge in [-0.1, -0.05) is 118 Å². The number of oxime groups is 1. The molecule has 1 aliphatic heterocycles. The van der Waals surface area contributed by atoms with Gasteiger partial charge in [0.25, 0.3) is 0 Å². The summed E-state index contributed by atoms with van der Waals surface area (Å²) in [7, 11) is 1.96. The Balaban J connectivity index is 1.27. The van der Waals surface area contributed by atoms with E-state index in [9.17, 15) is 19.5 Å². The van der Waals surface area contributed by atoms with E-state index in [1.807, 2.05) is 78.4 Å². The lowest BCUT2D eigenvalue weighted by Gasteiger charge is -2.10. The average molecular weight is 763 g/mol. The van der Waals surface area contributed by atoms with Crippen LogP contribution in [0, 0.1) is 0 Å². The molecule has 0 saturated carbocycles. The highest BCUT2D eigenvalue weighted by Gasteiger charge is 2.28. The average Bonchev–Trinajstić information content (AvgIpc) is 3.85. The number of imidazole rings is 1. The lowest BCUT2D eigenvalue weighted by atomic mass is 10.0. The molecule has 1 amide bonds. The standard InChI is InChI=1S/C45H54N4O7/c1-4-6-7-8-9-10-11-12-13-14-29-46-40(50)28-17-32-15-18-35(19-16-32)43-42(34-24-26-37(27-25-34)55-31-41(51)54-5-2)47-44(49(43)3)36-22-20-33(21-23-36)38-30-39(45(52)53)56-48-38/h15-28,39H,4-14,29-31H2,1-3H3,(H,46,50)(H,52,53). The number of esters is 1. The van der Waals surface area contributed by atoms with E-state index in [0.717, 1.165) is 57.9 Å². The molecule has 4 aromatic rings. The van der Waals surface area contributed by atoms with E-state index in [0.29, 0.717) is 18.0 Å². The van der Waals surface area contributed by atoms with Crippen LogP contribution in [-0.4, -0.2) is 64.1 Å². The second kappa shape index (κ2) is 21.4. The molecule has 0 aliphatic carbocycles. The van der Waals surface area contributed by atoms with E-state index in [2.05, 4.69) is 17.4 Å². The van der Waals surface area contributed by atoms with Crippen LogP contribution < -0.4 is 10.1 Å². The molecule has 0 spiro atoms. The maximum Gasteiger partial charge on any atom is 0.348 e. The van der Waals surface area contributed by atoms with Crippen molar-refractivity contribution in [3.63, 3.8) is 0 Å². The first kappa shape index (κ1) is 41.5. The Bertz CT molecular complexity index is 1950. The smallest absolute Gasteiger partial charge is 0.348 e. The van der Waals surface area contributed by atoms with E-state index in [1.165, 1.54) is 51.4 Å². The van der Waals surface area contributed by atoms with Crippen LogP contribution in [0.2, 0.25) is 0 Å². The Morgan fingerprint density at radius 2 is 1.43 bits per heavy atom. The van der Waals surface area contributed by atoms with Crippen molar-refractivity contribution in [3.05, 3.63) is 90.0 Å². The summed E-state index contributed by atoms with van der Waals surface area (Å²) in [5, 5.41) is 16.3. The Morgan fingerprint density at radius 1 is 0.821 bits per heavy atom. The number of carbonyl (C=O) groups excluding carboxylic acids is 2. The van der Waals surface area contributed by atoms with Crippen LogP contribution in [0.4, 0.5) is 0 Å². The number of aromatic nitrogens is 2. The van der Waals surface area contributed by atoms with Crippen LogP contribution in [0.5, 0.6) is 5.75 Å². The minimum Gasteiger partial charge on any atom is -0.482 e. The second-order valence-electron chi connectivity index (χ2n) is 14.0. The van der Waals surface area contributed by atoms with Crippen molar-refractivity contribution < 1.29 is 33.8 Å². The number of benzene rings is 3. The molecule has 0 saturated heterocycles. The summed E-state index contributed by atoms with van der Waals surface area (Å²) in [6.07, 6.45) is 15.2. The predicted octanol–water partition coefficient (Wildman–Crippen LogP) is 8.99. The van der Waals surface area contributed by atoms with Crippen LogP contribution in [0.25, 0.3) is 40.0 Å². The molecule has 1 unspecified atom stereocenters. The van der Waals surface area contributed by atoms with Gasteiger partial charge in [0, 0.05) is 42.8 Å². The molecule has 296 valence electrons. The van der Waals surface area contributed by atoms with E-state index in [1.54, 1.807) is 25.1 Å². The van der Waals surface area contributed by atoms with Crippen molar-refractivity contribution in [2.45, 2.75) is 90.6 Å². The first-order valence-electron chi connectivity index (χ1n) is 19.9. The molecule has 0 bridgehead atoms. The molecule has 1 aromatic heterocycles. The van der Waals surface area contributed by atoms with Crippen LogP contribution in [0.3, 0.4) is 0 Å². The number of carboxylic acid groups (broad SMARTS) is 1. The number of amides is 1. The summed E-state index contributed by atoms with van der Waals surface area (Å²) in [5.41, 5.74) is 6.52. The zero-order chi connectivity index (χ0) is 39.7. The van der Waals surface area contributed by atoms with Crippen molar-refractivity contribution in [2.24, 2.45) is 12.2 Å². The SMILES string of the molecule is CCCCCCCCCCCCNC(=O)C=Cc1ccc(-c2c(-c3ccc(OCC(=O)OCC)cc3)nc(-c3ccc(C4=NOC(C(=O)O)C4)cc3)n2C)cc1. The number of carboxylic acids is 1. The number of nitrogens with one attached hydrogen (secondary N) is 1. The minimum absolute atomic E-state index is 0.0986. The van der Waals surface area contributed by atoms with Crippen LogP contribution in [0.15, 0.2) is 84.0 Å². The summed E-state index contributed by atoms with van der Waals surface area (Å²) in [6, 6.07) is 23.0. The van der Waals surface area contributed by atoms with Crippen molar-refractivity contribution in [3.8, 4) is 39.7 Å². The molecule has 1 atom stereocenters. The molecule has 3 aromatic carbocycles. The number of nitrogens with zero attached hydrogens (tertiary/aromatic N) is 3. The van der Waals surface area contributed by atoms with Crippen LogP contribution in [-0.2, 0) is 31.0 Å². The molecule has 56 heavy (non-hydrogen) atoms. The fraction of sp³-hybridized carbons (Fsp3) is 0.400. The van der Waals surface area contributed by atoms with E-state index < -0.39 is 18.0 Å². The summed E-state index contributed by atoms with van der Waals surface area (Å²) in [5.74, 6) is -0.324. The van der Waals surface area contributed by atoms with Gasteiger partial charge in [-0.25, -0.2) is 14.6 Å². The van der Waals surface area contributed by atoms with Crippen LogP contribution >= 0.6 is 0 Å². The number of unbranched alkanes of at least 4 members (excludes halogenated alkanes) is 9. The van der Waals surface area contributed by atoms with Gasteiger partial charge in [0.05, 0.1) is 23.7 Å². The molecule has 1 aliphatic rings. The number of hydrogen-bond donors (Lipinski definition) is 2. The third-order valence-corrected chi connectivity index (χ3v) is 9.75. The van der Waals surface area contributed by atoms with Gasteiger partial charge < -0.3 is 29.3 Å². The summed E-state index contributed by atoms with van der Waals surface area (Å²) in [6.45, 7) is 4.78.